The van der Waals surface area contributed by atoms with E-state index in [1.807, 2.05) is 18.2 Å². The molecule has 1 aliphatic carbocycles. The summed E-state index contributed by atoms with van der Waals surface area (Å²) in [5.74, 6) is -0.0635. The first-order valence-electron chi connectivity index (χ1n) is 21.1. The van der Waals surface area contributed by atoms with Crippen LogP contribution in [0.3, 0.4) is 0 Å². The van der Waals surface area contributed by atoms with Crippen molar-refractivity contribution in [2.75, 3.05) is 46.1 Å². The van der Waals surface area contributed by atoms with Crippen molar-refractivity contribution in [2.24, 2.45) is 11.3 Å². The van der Waals surface area contributed by atoms with E-state index in [1.54, 1.807) is 30.5 Å². The zero-order valence-electron chi connectivity index (χ0n) is 34.2. The van der Waals surface area contributed by atoms with E-state index in [2.05, 4.69) is 37.8 Å². The number of fused-ring (bicyclic) bond motifs is 1. The third kappa shape index (κ3) is 9.20. The van der Waals surface area contributed by atoms with Crippen LogP contribution in [0.15, 0.2) is 102 Å². The van der Waals surface area contributed by atoms with Gasteiger partial charge in [-0.1, -0.05) is 47.5 Å². The summed E-state index contributed by atoms with van der Waals surface area (Å²) >= 11 is 6.26. The lowest BCUT2D eigenvalue weighted by atomic mass is 9.68. The maximum Gasteiger partial charge on any atom is 0.273 e. The van der Waals surface area contributed by atoms with Crippen molar-refractivity contribution in [1.82, 2.24) is 19.6 Å². The molecule has 0 unspecified atom stereocenters. The van der Waals surface area contributed by atoms with Gasteiger partial charge in [0.2, 0.25) is 0 Å². The third-order valence-corrected chi connectivity index (χ3v) is 14.4. The zero-order chi connectivity index (χ0) is 42.8. The normalized spacial score (nSPS) is 18.4. The molecule has 15 heteroatoms. The van der Waals surface area contributed by atoms with Crippen LogP contribution in [0.25, 0.3) is 22.2 Å². The van der Waals surface area contributed by atoms with Gasteiger partial charge in [-0.05, 0) is 122 Å². The lowest BCUT2D eigenvalue weighted by Crippen LogP contribution is -2.45. The molecule has 1 amide bonds. The van der Waals surface area contributed by atoms with Crippen LogP contribution in [0.4, 0.5) is 5.69 Å². The van der Waals surface area contributed by atoms with Crippen molar-refractivity contribution in [3.8, 4) is 11.5 Å². The fraction of sp³-hybridized carbons (Fsp3) is 0.362. The Morgan fingerprint density at radius 2 is 1.82 bits per heavy atom. The zero-order valence-corrected chi connectivity index (χ0v) is 35.8. The number of nitro benzene ring substituents is 1. The van der Waals surface area contributed by atoms with E-state index in [-0.39, 0.29) is 27.3 Å². The summed E-state index contributed by atoms with van der Waals surface area (Å²) in [5, 5.41) is 13.6. The fourth-order valence-electron chi connectivity index (χ4n) is 9.13. The molecule has 4 aliphatic rings. The van der Waals surface area contributed by atoms with E-state index in [1.165, 1.54) is 35.0 Å². The molecule has 3 aliphatic heterocycles. The number of benzene rings is 3. The first-order valence-corrected chi connectivity index (χ1v) is 23.0. The SMILES string of the molecule is O=C(NS(=O)(=O)c1ccc(CCC2CCOCC2)c([N+](=O)[O-])c1)c1ccc(C2=CCN(CC3=C(c4ccc(Cl)cc4)CC4(CC3)COC4)CC2)cc1Oc1cnc2[nH]ccc2c1. The minimum absolute atomic E-state index is 0.0271. The molecule has 13 nitrogen and oxygen atoms in total. The number of ether oxygens (including phenoxy) is 3. The van der Waals surface area contributed by atoms with E-state index in [0.29, 0.717) is 42.5 Å². The van der Waals surface area contributed by atoms with E-state index < -0.39 is 20.9 Å². The summed E-state index contributed by atoms with van der Waals surface area (Å²) < 4.78 is 47.0. The van der Waals surface area contributed by atoms with Gasteiger partial charge in [0.15, 0.2) is 0 Å². The highest BCUT2D eigenvalue weighted by Crippen LogP contribution is 2.48. The quantitative estimate of drug-likeness (QED) is 0.0861. The number of sulfonamides is 1. The Hall–Kier alpha value is -5.38. The fourth-order valence-corrected chi connectivity index (χ4v) is 10.2. The summed E-state index contributed by atoms with van der Waals surface area (Å²) in [6.45, 7) is 5.36. The maximum atomic E-state index is 13.9. The Morgan fingerprint density at radius 1 is 1.02 bits per heavy atom. The van der Waals surface area contributed by atoms with Crippen molar-refractivity contribution in [2.45, 2.75) is 56.3 Å². The summed E-state index contributed by atoms with van der Waals surface area (Å²) in [6.07, 6.45) is 12.3. The van der Waals surface area contributed by atoms with Crippen molar-refractivity contribution in [3.63, 3.8) is 0 Å². The first-order chi connectivity index (χ1) is 30.0. The highest BCUT2D eigenvalue weighted by Gasteiger charge is 2.42. The Kier molecular flexibility index (Phi) is 12.0. The third-order valence-electron chi connectivity index (χ3n) is 12.8. The van der Waals surface area contributed by atoms with E-state index in [0.717, 1.165) is 105 Å². The van der Waals surface area contributed by atoms with Crippen LogP contribution in [0, 0.1) is 21.4 Å². The summed E-state index contributed by atoms with van der Waals surface area (Å²) in [6, 6.07) is 20.7. The molecule has 9 rings (SSSR count). The molecule has 2 aromatic heterocycles. The second kappa shape index (κ2) is 17.8. The van der Waals surface area contributed by atoms with Crippen LogP contribution in [0.1, 0.15) is 72.0 Å². The van der Waals surface area contributed by atoms with Gasteiger partial charge < -0.3 is 19.2 Å². The average molecular weight is 878 g/mol. The number of rotatable bonds is 13. The van der Waals surface area contributed by atoms with Crippen molar-refractivity contribution < 1.29 is 32.3 Å². The molecule has 5 aromatic rings. The van der Waals surface area contributed by atoms with Gasteiger partial charge >= 0.3 is 0 Å². The molecule has 2 fully saturated rings. The molecule has 1 spiro atoms. The molecule has 0 atom stereocenters. The van der Waals surface area contributed by atoms with Crippen LogP contribution < -0.4 is 9.46 Å². The van der Waals surface area contributed by atoms with Gasteiger partial charge in [0.1, 0.15) is 17.1 Å². The Morgan fingerprint density at radius 3 is 2.56 bits per heavy atom. The second-order valence-electron chi connectivity index (χ2n) is 16.9. The van der Waals surface area contributed by atoms with Crippen molar-refractivity contribution in [3.05, 3.63) is 134 Å². The number of hydrogen-bond acceptors (Lipinski definition) is 10. The Balaban J connectivity index is 0.949. The summed E-state index contributed by atoms with van der Waals surface area (Å²) in [7, 11) is -4.53. The molecule has 5 heterocycles. The Bertz CT molecular complexity index is 2690. The highest BCUT2D eigenvalue weighted by atomic mass is 35.5. The molecular weight excluding hydrogens is 830 g/mol. The number of carbonyl (C=O) groups excluding carboxylic acids is 1. The Labute approximate surface area is 365 Å². The second-order valence-corrected chi connectivity index (χ2v) is 19.1. The number of nitro groups is 1. The predicted octanol–water partition coefficient (Wildman–Crippen LogP) is 9.14. The van der Waals surface area contributed by atoms with Gasteiger partial charge in [0.05, 0.1) is 34.8 Å². The lowest BCUT2D eigenvalue weighted by Gasteiger charge is -2.46. The predicted molar refractivity (Wildman–Crippen MR) is 237 cm³/mol. The maximum absolute atomic E-state index is 13.9. The minimum atomic E-state index is -4.53. The molecule has 0 radical (unpaired) electrons. The monoisotopic (exact) mass is 877 g/mol. The van der Waals surface area contributed by atoms with Gasteiger partial charge in [0.25, 0.3) is 21.6 Å². The van der Waals surface area contributed by atoms with Crippen LogP contribution in [0.5, 0.6) is 11.5 Å². The molecule has 322 valence electrons. The van der Waals surface area contributed by atoms with Crippen LogP contribution in [-0.4, -0.2) is 80.2 Å². The highest BCUT2D eigenvalue weighted by molar-refractivity contribution is 7.90. The summed E-state index contributed by atoms with van der Waals surface area (Å²) in [5.41, 5.74) is 6.98. The van der Waals surface area contributed by atoms with E-state index >= 15 is 0 Å². The molecular formula is C47H48ClN5O8S. The van der Waals surface area contributed by atoms with Crippen molar-refractivity contribution in [1.29, 1.82) is 0 Å². The number of carbonyl (C=O) groups is 1. The molecule has 0 saturated carbocycles. The number of H-pyrrole nitrogens is 1. The number of pyridine rings is 1. The molecule has 2 saturated heterocycles. The summed E-state index contributed by atoms with van der Waals surface area (Å²) in [4.78, 5) is 35.0. The topological polar surface area (TPSA) is 166 Å². The van der Waals surface area contributed by atoms with Crippen molar-refractivity contribution >= 4 is 55.4 Å². The number of aromatic amines is 1. The number of amides is 1. The van der Waals surface area contributed by atoms with Gasteiger partial charge in [-0.2, -0.15) is 0 Å². The van der Waals surface area contributed by atoms with Crippen LogP contribution in [-0.2, 0) is 25.9 Å². The molecule has 0 bridgehead atoms. The molecule has 62 heavy (non-hydrogen) atoms. The number of allylic oxidation sites excluding steroid dienone is 1. The number of nitrogens with one attached hydrogen (secondary N) is 2. The smallest absolute Gasteiger partial charge is 0.273 e. The molecule has 3 aromatic carbocycles. The number of aryl methyl sites for hydroxylation is 1. The number of aromatic nitrogens is 2. The number of nitrogens with zero attached hydrogens (tertiary/aromatic N) is 3. The van der Waals surface area contributed by atoms with Gasteiger partial charge in [0, 0.05) is 66.5 Å². The molecule has 2 N–H and O–H groups in total. The van der Waals surface area contributed by atoms with E-state index in [9.17, 15) is 23.3 Å². The van der Waals surface area contributed by atoms with Crippen LogP contribution in [0.2, 0.25) is 5.02 Å². The largest absolute Gasteiger partial charge is 0.455 e. The number of hydrogen-bond donors (Lipinski definition) is 2. The van der Waals surface area contributed by atoms with Gasteiger partial charge in [-0.15, -0.1) is 0 Å². The average Bonchev–Trinajstić information content (AvgIpc) is 3.74. The standard InChI is InChI=1S/C47H48ClN5O8S/c48-38-7-3-33(4-8-38)42-26-47(29-60-30-47)17-11-37(42)28-52-19-13-32(14-20-52)35-6-10-41(44(24-35)61-39-23-36-12-18-49-45(36)50-27-39)46(54)51-62(57,58)40-9-5-34(43(25-40)53(55)56)2-1-31-15-21-59-22-16-31/h3-10,12-13,18,23-25,27,31H,1-2,11,14-17,19-22,26,28-30H2,(H,49,50)(H,51,54). The van der Waals surface area contributed by atoms with Gasteiger partial charge in [-0.25, -0.2) is 18.1 Å². The minimum Gasteiger partial charge on any atom is -0.455 e. The van der Waals surface area contributed by atoms with E-state index in [4.69, 9.17) is 25.8 Å². The van der Waals surface area contributed by atoms with Crippen LogP contribution >= 0.6 is 11.6 Å². The first kappa shape index (κ1) is 41.9. The van der Waals surface area contributed by atoms with Gasteiger partial charge in [-0.3, -0.25) is 19.8 Å². The number of halogens is 1. The lowest BCUT2D eigenvalue weighted by molar-refractivity contribution is -0.385.